The summed E-state index contributed by atoms with van der Waals surface area (Å²) in [5.74, 6) is 1.51. The van der Waals surface area contributed by atoms with Gasteiger partial charge in [-0.3, -0.25) is 9.79 Å². The molecule has 0 amide bonds. The van der Waals surface area contributed by atoms with Gasteiger partial charge in [0.2, 0.25) is 0 Å². The van der Waals surface area contributed by atoms with Gasteiger partial charge in [-0.15, -0.1) is 0 Å². The molecule has 0 aromatic heterocycles. The third kappa shape index (κ3) is 46.1. The van der Waals surface area contributed by atoms with Gasteiger partial charge in [0, 0.05) is 23.5 Å². The van der Waals surface area contributed by atoms with Gasteiger partial charge in [-0.25, -0.2) is 0 Å². The number of hydrogen-bond acceptors (Lipinski definition) is 4. The van der Waals surface area contributed by atoms with Crippen LogP contribution < -0.4 is 11.1 Å². The van der Waals surface area contributed by atoms with E-state index in [1.165, 1.54) is 31.3 Å². The zero-order valence-electron chi connectivity index (χ0n) is 32.7. The molecule has 1 atom stereocenters. The molecule has 0 aromatic rings. The van der Waals surface area contributed by atoms with Crippen molar-refractivity contribution in [1.82, 2.24) is 5.32 Å². The van der Waals surface area contributed by atoms with Crippen molar-refractivity contribution in [3.8, 4) is 6.07 Å². The highest BCUT2D eigenvalue weighted by atomic mass is 16.1. The van der Waals surface area contributed by atoms with E-state index in [-0.39, 0.29) is 5.70 Å². The topological polar surface area (TPSA) is 91.3 Å². The number of unbranched alkanes of at least 4 members (excludes halogenated alkanes) is 1. The molecule has 0 bridgehead atoms. The zero-order valence-corrected chi connectivity index (χ0v) is 32.7. The Morgan fingerprint density at radius 1 is 0.932 bits per heavy atom. The van der Waals surface area contributed by atoms with E-state index < -0.39 is 0 Å². The molecule has 0 radical (unpaired) electrons. The molecule has 5 nitrogen and oxygen atoms in total. The van der Waals surface area contributed by atoms with Crippen LogP contribution in [0, 0.1) is 22.7 Å². The number of carbonyl (C=O) groups excluding carboxylic acids is 1. The third-order valence-electron chi connectivity index (χ3n) is 5.46. The lowest BCUT2D eigenvalue weighted by atomic mass is 9.94. The van der Waals surface area contributed by atoms with Gasteiger partial charge in [-0.05, 0) is 59.3 Å². The predicted octanol–water partition coefficient (Wildman–Crippen LogP) is 12.0. The molecule has 0 heterocycles. The van der Waals surface area contributed by atoms with Crippen molar-refractivity contribution in [2.24, 2.45) is 22.1 Å². The number of aliphatic imine (C=N–C) groups is 1. The smallest absolute Gasteiger partial charge is 0.150 e. The molecular formula is C39H76N4O. The standard InChI is InChI=1S/C16H28N4.C11H16O.C6H14.3C2H6/c1-6-7-8-12(2)9-10-19-15(5)20-14(4)16(11-17)13(3)18;1-9(2)5-6-11(8-12)7-10(3)4;1-5-6(2,3)4;3*1-2/h12H,3,6-10,18H2,1-2,4-5H3,(H,19,20);5-8H,1-4H3;5H2,1-4H3;3*1-2H3/b16-14-;11-6+;;;;. The second-order valence-corrected chi connectivity index (χ2v) is 11.4. The summed E-state index contributed by atoms with van der Waals surface area (Å²) in [5.41, 5.74) is 10.5. The molecule has 3 N–H and O–H groups in total. The fourth-order valence-electron chi connectivity index (χ4n) is 2.64. The van der Waals surface area contributed by atoms with E-state index in [0.717, 1.165) is 36.2 Å². The van der Waals surface area contributed by atoms with E-state index in [1.807, 2.05) is 100 Å². The Balaban J connectivity index is -0.000000127. The van der Waals surface area contributed by atoms with E-state index in [9.17, 15) is 4.79 Å². The first kappa shape index (κ1) is 53.7. The van der Waals surface area contributed by atoms with Crippen LogP contribution in [0.1, 0.15) is 157 Å². The van der Waals surface area contributed by atoms with Crippen LogP contribution in [0.15, 0.2) is 63.5 Å². The molecule has 5 heteroatoms. The molecule has 0 saturated carbocycles. The molecule has 0 saturated heterocycles. The number of nitrogens with one attached hydrogen (secondary N) is 1. The number of amidine groups is 1. The number of aldehydes is 1. The maximum Gasteiger partial charge on any atom is 0.150 e. The quantitative estimate of drug-likeness (QED) is 0.0603. The first-order valence-corrected chi connectivity index (χ1v) is 16.8. The van der Waals surface area contributed by atoms with Crippen LogP contribution >= 0.6 is 0 Å². The molecule has 0 aliphatic heterocycles. The van der Waals surface area contributed by atoms with E-state index in [1.54, 1.807) is 6.92 Å². The molecule has 0 aromatic carbocycles. The van der Waals surface area contributed by atoms with Crippen molar-refractivity contribution in [3.63, 3.8) is 0 Å². The van der Waals surface area contributed by atoms with Crippen molar-refractivity contribution in [2.45, 2.75) is 157 Å². The van der Waals surface area contributed by atoms with E-state index >= 15 is 0 Å². The van der Waals surface area contributed by atoms with Crippen molar-refractivity contribution in [3.05, 3.63) is 58.5 Å². The van der Waals surface area contributed by atoms with Crippen LogP contribution in [-0.2, 0) is 4.79 Å². The third-order valence-corrected chi connectivity index (χ3v) is 5.46. The summed E-state index contributed by atoms with van der Waals surface area (Å²) in [7, 11) is 0. The number of allylic oxidation sites excluding steroid dienone is 8. The Labute approximate surface area is 277 Å². The van der Waals surface area contributed by atoms with Crippen LogP contribution in [0.2, 0.25) is 0 Å². The van der Waals surface area contributed by atoms with Crippen LogP contribution in [0.4, 0.5) is 0 Å². The van der Waals surface area contributed by atoms with Gasteiger partial charge in [0.05, 0.1) is 11.4 Å². The maximum absolute atomic E-state index is 10.5. The highest BCUT2D eigenvalue weighted by Gasteiger charge is 2.05. The SMILES string of the molecule is C=C(N)/C(C#N)=C(/C)NC(C)=NCCC(C)CCCC.CC.CC.CC.CC(C)=C/C=C(/C=O)C=C(C)C.CCC(C)(C)C. The van der Waals surface area contributed by atoms with Crippen LogP contribution in [0.3, 0.4) is 0 Å². The molecule has 0 fully saturated rings. The Kier molecular flexibility index (Phi) is 46.5. The average molecular weight is 617 g/mol. The number of nitrogens with two attached hydrogens (primary N) is 1. The average Bonchev–Trinajstić information content (AvgIpc) is 2.97. The lowest BCUT2D eigenvalue weighted by molar-refractivity contribution is -0.104. The predicted molar refractivity (Wildman–Crippen MR) is 203 cm³/mol. The van der Waals surface area contributed by atoms with Gasteiger partial charge >= 0.3 is 0 Å². The lowest BCUT2D eigenvalue weighted by Crippen LogP contribution is -2.21. The summed E-state index contributed by atoms with van der Waals surface area (Å²) in [5, 5.41) is 12.1. The number of rotatable bonds is 11. The maximum atomic E-state index is 10.5. The highest BCUT2D eigenvalue weighted by molar-refractivity contribution is 5.81. The molecule has 1 unspecified atom stereocenters. The summed E-state index contributed by atoms with van der Waals surface area (Å²) < 4.78 is 0. The van der Waals surface area contributed by atoms with Crippen LogP contribution in [0.5, 0.6) is 0 Å². The second-order valence-electron chi connectivity index (χ2n) is 11.4. The number of nitrogens with zero attached hydrogens (tertiary/aromatic N) is 2. The minimum Gasteiger partial charge on any atom is -0.398 e. The minimum atomic E-state index is 0.276. The fourth-order valence-corrected chi connectivity index (χ4v) is 2.64. The Morgan fingerprint density at radius 3 is 1.73 bits per heavy atom. The molecule has 0 rings (SSSR count). The van der Waals surface area contributed by atoms with Crippen LogP contribution in [-0.4, -0.2) is 18.7 Å². The fraction of sp³-hybridized carbons (Fsp3) is 0.667. The second kappa shape index (κ2) is 38.2. The van der Waals surface area contributed by atoms with Crippen molar-refractivity contribution in [2.75, 3.05) is 6.54 Å². The first-order chi connectivity index (χ1) is 20.5. The Hall–Kier alpha value is -2.87. The van der Waals surface area contributed by atoms with Crippen molar-refractivity contribution < 1.29 is 4.79 Å². The van der Waals surface area contributed by atoms with Crippen molar-refractivity contribution in [1.29, 1.82) is 5.26 Å². The highest BCUT2D eigenvalue weighted by Crippen LogP contribution is 2.16. The van der Waals surface area contributed by atoms with Gasteiger partial charge in [0.15, 0.2) is 0 Å². The zero-order chi connectivity index (χ0) is 36.3. The summed E-state index contributed by atoms with van der Waals surface area (Å²) in [6.07, 6.45) is 12.7. The molecular weight excluding hydrogens is 540 g/mol. The van der Waals surface area contributed by atoms with Crippen LogP contribution in [0.25, 0.3) is 0 Å². The Bertz CT molecular complexity index is 880. The lowest BCUT2D eigenvalue weighted by Gasteiger charge is -2.12. The first-order valence-electron chi connectivity index (χ1n) is 16.8. The molecule has 44 heavy (non-hydrogen) atoms. The molecule has 0 aliphatic rings. The van der Waals surface area contributed by atoms with Gasteiger partial charge in [-0.1, -0.05) is 145 Å². The largest absolute Gasteiger partial charge is 0.398 e. The van der Waals surface area contributed by atoms with E-state index in [4.69, 9.17) is 11.0 Å². The number of carbonyl (C=O) groups is 1. The van der Waals surface area contributed by atoms with Gasteiger partial charge in [0.1, 0.15) is 12.4 Å². The van der Waals surface area contributed by atoms with Gasteiger partial charge in [0.25, 0.3) is 0 Å². The molecule has 0 aliphatic carbocycles. The summed E-state index contributed by atoms with van der Waals surface area (Å²) in [4.78, 5) is 15.0. The summed E-state index contributed by atoms with van der Waals surface area (Å²) in [6.45, 7) is 41.5. The van der Waals surface area contributed by atoms with Gasteiger partial charge < -0.3 is 11.1 Å². The van der Waals surface area contributed by atoms with E-state index in [2.05, 4.69) is 58.4 Å². The van der Waals surface area contributed by atoms with Crippen molar-refractivity contribution >= 4 is 12.1 Å². The monoisotopic (exact) mass is 617 g/mol. The summed E-state index contributed by atoms with van der Waals surface area (Å²) >= 11 is 0. The normalized spacial score (nSPS) is 11.4. The summed E-state index contributed by atoms with van der Waals surface area (Å²) in [6, 6.07) is 2.04. The van der Waals surface area contributed by atoms with E-state index in [0.29, 0.717) is 22.6 Å². The molecule has 0 spiro atoms. The number of nitriles is 1. The minimum absolute atomic E-state index is 0.276. The Morgan fingerprint density at radius 2 is 1.41 bits per heavy atom. The number of hydrogen-bond donors (Lipinski definition) is 2. The van der Waals surface area contributed by atoms with Gasteiger partial charge in [-0.2, -0.15) is 5.26 Å². The molecule has 258 valence electrons.